The van der Waals surface area contributed by atoms with Crippen LogP contribution in [-0.2, 0) is 9.47 Å². The number of rotatable bonds is 26. The number of aliphatic hydroxyl groups excluding tert-OH is 5. The Labute approximate surface area is 238 Å². The summed E-state index contributed by atoms with van der Waals surface area (Å²) in [5.41, 5.74) is 0. The first-order chi connectivity index (χ1) is 19.0. The zero-order chi connectivity index (χ0) is 28.6. The van der Waals surface area contributed by atoms with Gasteiger partial charge in [0, 0.05) is 0 Å². The molecule has 0 saturated carbocycles. The van der Waals surface area contributed by atoms with Crippen LogP contribution in [0.4, 0.5) is 0 Å². The minimum atomic E-state index is -1.49. The van der Waals surface area contributed by atoms with E-state index in [4.69, 9.17) is 9.47 Å². The number of nitrogens with zero attached hydrogens (tertiary/aromatic N) is 1. The van der Waals surface area contributed by atoms with Crippen molar-refractivity contribution in [3.8, 4) is 0 Å². The molecule has 1 aliphatic rings. The number of aliphatic imine (C=N–C) groups is 1. The van der Waals surface area contributed by atoms with Crippen molar-refractivity contribution in [2.75, 3.05) is 19.8 Å². The monoisotopic (exact) mass is 559 g/mol. The molecule has 0 aliphatic carbocycles. The second-order valence-electron chi connectivity index (χ2n) is 11.4. The molecule has 0 aromatic carbocycles. The van der Waals surface area contributed by atoms with Crippen LogP contribution in [0.2, 0.25) is 0 Å². The van der Waals surface area contributed by atoms with Crippen LogP contribution in [0.25, 0.3) is 0 Å². The Morgan fingerprint density at radius 2 is 1.15 bits per heavy atom. The van der Waals surface area contributed by atoms with Crippen molar-refractivity contribution in [2.24, 2.45) is 4.99 Å². The highest BCUT2D eigenvalue weighted by molar-refractivity contribution is 5.56. The zero-order valence-electron chi connectivity index (χ0n) is 24.8. The van der Waals surface area contributed by atoms with Crippen LogP contribution in [-0.4, -0.2) is 88.3 Å². The second kappa shape index (κ2) is 25.1. The Morgan fingerprint density at radius 3 is 1.62 bits per heavy atom. The first kappa shape index (κ1) is 36.4. The molecular weight excluding hydrogens is 498 g/mol. The van der Waals surface area contributed by atoms with E-state index in [0.29, 0.717) is 0 Å². The van der Waals surface area contributed by atoms with E-state index in [9.17, 15) is 25.5 Å². The summed E-state index contributed by atoms with van der Waals surface area (Å²) in [4.78, 5) is 4.24. The largest absolute Gasteiger partial charge is 0.394 e. The van der Waals surface area contributed by atoms with E-state index in [0.717, 1.165) is 12.8 Å². The molecule has 1 unspecified atom stereocenters. The lowest BCUT2D eigenvalue weighted by Crippen LogP contribution is -2.59. The van der Waals surface area contributed by atoms with Gasteiger partial charge >= 0.3 is 0 Å². The van der Waals surface area contributed by atoms with Gasteiger partial charge in [0.1, 0.15) is 24.4 Å². The summed E-state index contributed by atoms with van der Waals surface area (Å²) in [6, 6.07) is 0. The first-order valence-electron chi connectivity index (χ1n) is 16.1. The van der Waals surface area contributed by atoms with E-state index in [1.54, 1.807) is 0 Å². The van der Waals surface area contributed by atoms with Gasteiger partial charge in [-0.2, -0.15) is 0 Å². The molecule has 0 amide bonds. The molecule has 0 radical (unpaired) electrons. The van der Waals surface area contributed by atoms with Crippen LogP contribution in [0.3, 0.4) is 0 Å². The van der Waals surface area contributed by atoms with Gasteiger partial charge in [-0.25, -0.2) is 0 Å². The molecule has 0 aromatic heterocycles. The summed E-state index contributed by atoms with van der Waals surface area (Å²) in [6.07, 6.45) is 21.2. The molecule has 0 spiro atoms. The Bertz CT molecular complexity index is 563. The predicted octanol–water partition coefficient (Wildman–Crippen LogP) is 5.06. The zero-order valence-corrected chi connectivity index (χ0v) is 24.8. The quantitative estimate of drug-likeness (QED) is 0.0739. The number of hydrogen-bond donors (Lipinski definition) is 5. The highest BCUT2D eigenvalue weighted by Gasteiger charge is 2.44. The second-order valence-corrected chi connectivity index (χ2v) is 11.4. The molecule has 1 aliphatic heterocycles. The van der Waals surface area contributed by atoms with Crippen molar-refractivity contribution in [2.45, 2.75) is 172 Å². The summed E-state index contributed by atoms with van der Waals surface area (Å²) < 4.78 is 10.6. The molecule has 1 fully saturated rings. The fourth-order valence-electron chi connectivity index (χ4n) is 5.07. The van der Waals surface area contributed by atoms with Gasteiger partial charge in [-0.05, 0) is 19.1 Å². The molecule has 1 heterocycles. The van der Waals surface area contributed by atoms with Crippen molar-refractivity contribution < 1.29 is 35.0 Å². The SMILES string of the molecule is CCCCCCCCCCCCCCCCCCCCCC=NCC(O)CO[C@H]1O[C@H](CO)[C@H](O)[C@H](O)[C@H]1O. The fraction of sp³-hybridized carbons (Fsp3) is 0.968. The molecule has 1 rings (SSSR count). The van der Waals surface area contributed by atoms with Gasteiger partial charge in [-0.1, -0.05) is 122 Å². The molecule has 1 saturated heterocycles. The van der Waals surface area contributed by atoms with Crippen LogP contribution in [0, 0.1) is 0 Å². The third-order valence-corrected chi connectivity index (χ3v) is 7.68. The number of ether oxygens (including phenoxy) is 2. The van der Waals surface area contributed by atoms with Gasteiger partial charge in [0.2, 0.25) is 0 Å². The summed E-state index contributed by atoms with van der Waals surface area (Å²) >= 11 is 0. The van der Waals surface area contributed by atoms with E-state index in [2.05, 4.69) is 11.9 Å². The van der Waals surface area contributed by atoms with E-state index >= 15 is 0 Å². The van der Waals surface area contributed by atoms with Gasteiger partial charge in [0.05, 0.1) is 25.9 Å². The molecule has 39 heavy (non-hydrogen) atoms. The van der Waals surface area contributed by atoms with E-state index < -0.39 is 43.4 Å². The molecule has 6 atom stereocenters. The maximum Gasteiger partial charge on any atom is 0.186 e. The molecule has 0 aromatic rings. The predicted molar refractivity (Wildman–Crippen MR) is 157 cm³/mol. The minimum Gasteiger partial charge on any atom is -0.394 e. The smallest absolute Gasteiger partial charge is 0.186 e. The molecule has 232 valence electrons. The molecule has 0 bridgehead atoms. The van der Waals surface area contributed by atoms with E-state index in [-0.39, 0.29) is 13.2 Å². The van der Waals surface area contributed by atoms with Crippen LogP contribution in [0.15, 0.2) is 4.99 Å². The molecule has 5 N–H and O–H groups in total. The third-order valence-electron chi connectivity index (χ3n) is 7.68. The standard InChI is InChI=1S/C31H61NO7/c1-2-3-4-5-6-7-8-9-10-11-12-13-14-15-16-17-18-19-20-21-22-32-23-26(34)25-38-31-30(37)29(36)28(35)27(24-33)39-31/h22,26-31,33-37H,2-21,23-25H2,1H3/t26?,27-,28+,29+,30-,31+/m1/s1. The van der Waals surface area contributed by atoms with Gasteiger partial charge in [-0.3, -0.25) is 4.99 Å². The van der Waals surface area contributed by atoms with E-state index in [1.165, 1.54) is 116 Å². The maximum absolute atomic E-state index is 10.0. The van der Waals surface area contributed by atoms with Gasteiger partial charge in [0.25, 0.3) is 0 Å². The molecule has 8 nitrogen and oxygen atoms in total. The van der Waals surface area contributed by atoms with Crippen LogP contribution < -0.4 is 0 Å². The highest BCUT2D eigenvalue weighted by atomic mass is 16.7. The maximum atomic E-state index is 10.0. The van der Waals surface area contributed by atoms with Gasteiger partial charge in [0.15, 0.2) is 6.29 Å². The number of hydrogen-bond acceptors (Lipinski definition) is 8. The van der Waals surface area contributed by atoms with Gasteiger partial charge in [-0.15, -0.1) is 0 Å². The average molecular weight is 560 g/mol. The summed E-state index contributed by atoms with van der Waals surface area (Å²) in [6.45, 7) is 1.80. The van der Waals surface area contributed by atoms with E-state index in [1.807, 2.05) is 6.21 Å². The van der Waals surface area contributed by atoms with Crippen molar-refractivity contribution in [3.05, 3.63) is 0 Å². The Hall–Kier alpha value is -0.610. The summed E-state index contributed by atoms with van der Waals surface area (Å²) in [5.74, 6) is 0. The lowest BCUT2D eigenvalue weighted by atomic mass is 9.99. The molecule has 8 heteroatoms. The van der Waals surface area contributed by atoms with Crippen molar-refractivity contribution in [1.29, 1.82) is 0 Å². The molecular formula is C31H61NO7. The number of unbranched alkanes of at least 4 members (excludes halogenated alkanes) is 19. The highest BCUT2D eigenvalue weighted by Crippen LogP contribution is 2.22. The Balaban J connectivity index is 1.85. The van der Waals surface area contributed by atoms with Crippen LogP contribution in [0.5, 0.6) is 0 Å². The third kappa shape index (κ3) is 18.4. The van der Waals surface area contributed by atoms with Crippen LogP contribution >= 0.6 is 0 Å². The average Bonchev–Trinajstić information content (AvgIpc) is 2.94. The minimum absolute atomic E-state index is 0.140. The number of aliphatic hydroxyl groups is 5. The topological polar surface area (TPSA) is 132 Å². The van der Waals surface area contributed by atoms with Crippen molar-refractivity contribution >= 4 is 6.21 Å². The Morgan fingerprint density at radius 1 is 0.692 bits per heavy atom. The van der Waals surface area contributed by atoms with Crippen molar-refractivity contribution in [3.63, 3.8) is 0 Å². The lowest BCUT2D eigenvalue weighted by Gasteiger charge is -2.39. The summed E-state index contributed by atoms with van der Waals surface area (Å²) in [5, 5.41) is 48.7. The van der Waals surface area contributed by atoms with Gasteiger partial charge < -0.3 is 35.0 Å². The summed E-state index contributed by atoms with van der Waals surface area (Å²) in [7, 11) is 0. The normalized spacial score (nSPS) is 24.5. The lowest BCUT2D eigenvalue weighted by molar-refractivity contribution is -0.304. The van der Waals surface area contributed by atoms with Crippen LogP contribution in [0.1, 0.15) is 135 Å². The van der Waals surface area contributed by atoms with Crippen molar-refractivity contribution in [1.82, 2.24) is 0 Å². The Kier molecular flexibility index (Phi) is 23.5. The first-order valence-corrected chi connectivity index (χ1v) is 16.1. The fourth-order valence-corrected chi connectivity index (χ4v) is 5.07.